The van der Waals surface area contributed by atoms with Gasteiger partial charge in [-0.3, -0.25) is 9.59 Å². The van der Waals surface area contributed by atoms with E-state index in [1.165, 1.54) is 0 Å². The monoisotopic (exact) mass is 355 g/mol. The van der Waals surface area contributed by atoms with E-state index < -0.39 is 0 Å². The molecule has 0 atom stereocenters. The Morgan fingerprint density at radius 2 is 2.22 bits per heavy atom. The lowest BCUT2D eigenvalue weighted by Crippen LogP contribution is -2.40. The van der Waals surface area contributed by atoms with E-state index in [0.29, 0.717) is 6.54 Å². The van der Waals surface area contributed by atoms with Crippen LogP contribution >= 0.6 is 39.7 Å². The number of nitrogens with one attached hydrogen (secondary N) is 1. The summed E-state index contributed by atoms with van der Waals surface area (Å²) in [5.74, 6) is -0.473. The van der Waals surface area contributed by atoms with Crippen LogP contribution in [0.3, 0.4) is 0 Å². The van der Waals surface area contributed by atoms with E-state index >= 15 is 0 Å². The number of carbonyl (C=O) groups is 2. The Hall–Kier alpha value is -0.630. The van der Waals surface area contributed by atoms with Gasteiger partial charge in [0.2, 0.25) is 11.8 Å². The van der Waals surface area contributed by atoms with Crippen LogP contribution in [0, 0.1) is 0 Å². The van der Waals surface area contributed by atoms with Crippen molar-refractivity contribution in [2.24, 2.45) is 5.73 Å². The molecule has 8 heteroatoms. The number of thiophene rings is 1. The second-order valence-corrected chi connectivity index (χ2v) is 5.78. The number of hydrogen-bond acceptors (Lipinski definition) is 4. The summed E-state index contributed by atoms with van der Waals surface area (Å²) in [4.78, 5) is 24.1. The van der Waals surface area contributed by atoms with Crippen molar-refractivity contribution in [3.8, 4) is 0 Å². The van der Waals surface area contributed by atoms with Gasteiger partial charge in [-0.15, -0.1) is 23.7 Å². The van der Waals surface area contributed by atoms with Gasteiger partial charge in [-0.1, -0.05) is 0 Å². The summed E-state index contributed by atoms with van der Waals surface area (Å²) in [6, 6.07) is 1.97. The van der Waals surface area contributed by atoms with Gasteiger partial charge in [0.15, 0.2) is 0 Å². The maximum Gasteiger partial charge on any atom is 0.242 e. The SMILES string of the molecule is CN(Cc1csc(Br)c1)C(=O)CNC(=O)CN.Cl. The van der Waals surface area contributed by atoms with Crippen molar-refractivity contribution in [2.75, 3.05) is 20.1 Å². The van der Waals surface area contributed by atoms with Crippen molar-refractivity contribution in [1.29, 1.82) is 0 Å². The number of hydrogen-bond donors (Lipinski definition) is 2. The second-order valence-electron chi connectivity index (χ2n) is 3.49. The average molecular weight is 357 g/mol. The van der Waals surface area contributed by atoms with Crippen LogP contribution < -0.4 is 11.1 Å². The normalized spacial score (nSPS) is 9.50. The standard InChI is InChI=1S/C10H14BrN3O2S.ClH/c1-14(5-7-2-8(11)17-6-7)10(16)4-13-9(15)3-12;/h2,6H,3-5,12H2,1H3,(H,13,15);1H. The van der Waals surface area contributed by atoms with E-state index in [0.717, 1.165) is 9.35 Å². The van der Waals surface area contributed by atoms with Gasteiger partial charge < -0.3 is 16.0 Å². The zero-order chi connectivity index (χ0) is 12.8. The Balaban J connectivity index is 0.00000289. The van der Waals surface area contributed by atoms with E-state index in [1.54, 1.807) is 23.3 Å². The largest absolute Gasteiger partial charge is 0.346 e. The summed E-state index contributed by atoms with van der Waals surface area (Å²) in [5, 5.41) is 4.42. The summed E-state index contributed by atoms with van der Waals surface area (Å²) in [6.45, 7) is 0.408. The molecule has 0 bridgehead atoms. The molecule has 0 unspecified atom stereocenters. The number of amides is 2. The van der Waals surface area contributed by atoms with Crippen LogP contribution in [0.15, 0.2) is 15.2 Å². The first-order chi connectivity index (χ1) is 8.02. The fourth-order valence-corrected chi connectivity index (χ4v) is 2.37. The number of likely N-dealkylation sites (N-methyl/N-ethyl adjacent to an activating group) is 1. The molecule has 0 aromatic carbocycles. The van der Waals surface area contributed by atoms with Crippen LogP contribution in [0.5, 0.6) is 0 Å². The van der Waals surface area contributed by atoms with Gasteiger partial charge in [0.1, 0.15) is 0 Å². The predicted octanol–water partition coefficient (Wildman–Crippen LogP) is 0.966. The van der Waals surface area contributed by atoms with E-state index in [-0.39, 0.29) is 37.3 Å². The Morgan fingerprint density at radius 1 is 1.56 bits per heavy atom. The van der Waals surface area contributed by atoms with Gasteiger partial charge in [0.25, 0.3) is 0 Å². The molecule has 3 N–H and O–H groups in total. The molecule has 0 aliphatic heterocycles. The lowest BCUT2D eigenvalue weighted by atomic mass is 10.3. The van der Waals surface area contributed by atoms with Gasteiger partial charge >= 0.3 is 0 Å². The first-order valence-electron chi connectivity index (χ1n) is 4.96. The molecular weight excluding hydrogens is 342 g/mol. The first-order valence-corrected chi connectivity index (χ1v) is 6.64. The maximum absolute atomic E-state index is 11.6. The highest BCUT2D eigenvalue weighted by Gasteiger charge is 2.10. The molecule has 0 fully saturated rings. The minimum Gasteiger partial charge on any atom is -0.346 e. The van der Waals surface area contributed by atoms with E-state index in [4.69, 9.17) is 5.73 Å². The highest BCUT2D eigenvalue weighted by atomic mass is 79.9. The Labute approximate surface area is 124 Å². The van der Waals surface area contributed by atoms with Crippen LogP contribution in [-0.2, 0) is 16.1 Å². The molecule has 0 spiro atoms. The van der Waals surface area contributed by atoms with Gasteiger partial charge in [0, 0.05) is 13.6 Å². The highest BCUT2D eigenvalue weighted by molar-refractivity contribution is 9.11. The molecule has 1 heterocycles. The number of halogens is 2. The molecular formula is C10H15BrClN3O2S. The van der Waals surface area contributed by atoms with E-state index in [9.17, 15) is 9.59 Å². The molecule has 0 radical (unpaired) electrons. The molecule has 0 aliphatic carbocycles. The smallest absolute Gasteiger partial charge is 0.242 e. The molecule has 1 rings (SSSR count). The molecule has 102 valence electrons. The van der Waals surface area contributed by atoms with E-state index in [1.807, 2.05) is 11.4 Å². The lowest BCUT2D eigenvalue weighted by Gasteiger charge is -2.16. The van der Waals surface area contributed by atoms with Crippen molar-refractivity contribution >= 4 is 51.5 Å². The molecule has 0 aliphatic rings. The molecule has 2 amide bonds. The van der Waals surface area contributed by atoms with Crippen molar-refractivity contribution in [1.82, 2.24) is 10.2 Å². The Bertz CT molecular complexity index is 414. The van der Waals surface area contributed by atoms with Crippen molar-refractivity contribution in [2.45, 2.75) is 6.54 Å². The second kappa shape index (κ2) is 8.47. The van der Waals surface area contributed by atoms with Gasteiger partial charge in [-0.05, 0) is 32.9 Å². The topological polar surface area (TPSA) is 75.4 Å². The lowest BCUT2D eigenvalue weighted by molar-refractivity contribution is -0.131. The fraction of sp³-hybridized carbons (Fsp3) is 0.400. The van der Waals surface area contributed by atoms with E-state index in [2.05, 4.69) is 21.2 Å². The van der Waals surface area contributed by atoms with Crippen LogP contribution in [0.25, 0.3) is 0 Å². The molecule has 5 nitrogen and oxygen atoms in total. The zero-order valence-electron chi connectivity index (χ0n) is 9.81. The fourth-order valence-electron chi connectivity index (χ4n) is 1.17. The van der Waals surface area contributed by atoms with Gasteiger partial charge in [-0.25, -0.2) is 0 Å². The quantitative estimate of drug-likeness (QED) is 0.825. The summed E-state index contributed by atoms with van der Waals surface area (Å²) in [7, 11) is 1.70. The maximum atomic E-state index is 11.6. The number of rotatable bonds is 5. The zero-order valence-corrected chi connectivity index (χ0v) is 13.0. The van der Waals surface area contributed by atoms with Crippen LogP contribution in [0.4, 0.5) is 0 Å². The molecule has 1 aromatic heterocycles. The third kappa shape index (κ3) is 5.81. The van der Waals surface area contributed by atoms with Crippen LogP contribution in [0.1, 0.15) is 5.56 Å². The summed E-state index contributed by atoms with van der Waals surface area (Å²) >= 11 is 4.93. The summed E-state index contributed by atoms with van der Waals surface area (Å²) < 4.78 is 1.03. The van der Waals surface area contributed by atoms with Crippen molar-refractivity contribution in [3.05, 3.63) is 20.8 Å². The number of carbonyl (C=O) groups excluding carboxylic acids is 2. The summed E-state index contributed by atoms with van der Waals surface area (Å²) in [5.41, 5.74) is 6.18. The third-order valence-corrected chi connectivity index (χ3v) is 3.64. The Kier molecular flexibility index (Phi) is 8.17. The summed E-state index contributed by atoms with van der Waals surface area (Å²) in [6.07, 6.45) is 0. The van der Waals surface area contributed by atoms with Gasteiger partial charge in [0.05, 0.1) is 16.9 Å². The average Bonchev–Trinajstić information content (AvgIpc) is 2.70. The third-order valence-electron chi connectivity index (χ3n) is 2.09. The number of nitrogens with zero attached hydrogens (tertiary/aromatic N) is 1. The highest BCUT2D eigenvalue weighted by Crippen LogP contribution is 2.21. The molecule has 1 aromatic rings. The molecule has 0 saturated heterocycles. The van der Waals surface area contributed by atoms with Gasteiger partial charge in [-0.2, -0.15) is 0 Å². The molecule has 18 heavy (non-hydrogen) atoms. The van der Waals surface area contributed by atoms with Crippen LogP contribution in [-0.4, -0.2) is 36.9 Å². The first kappa shape index (κ1) is 17.4. The minimum absolute atomic E-state index is 0. The van der Waals surface area contributed by atoms with Crippen LogP contribution in [0.2, 0.25) is 0 Å². The van der Waals surface area contributed by atoms with Crippen molar-refractivity contribution in [3.63, 3.8) is 0 Å². The van der Waals surface area contributed by atoms with Crippen molar-refractivity contribution < 1.29 is 9.59 Å². The Morgan fingerprint density at radius 3 is 2.72 bits per heavy atom. The predicted molar refractivity (Wildman–Crippen MR) is 77.8 cm³/mol. The number of nitrogens with two attached hydrogens (primary N) is 1. The molecule has 0 saturated carbocycles. The minimum atomic E-state index is -0.329.